The van der Waals surface area contributed by atoms with Gasteiger partial charge in [0.2, 0.25) is 0 Å². The zero-order valence-electron chi connectivity index (χ0n) is 12.1. The summed E-state index contributed by atoms with van der Waals surface area (Å²) < 4.78 is 0. The molecule has 0 unspecified atom stereocenters. The predicted octanol–water partition coefficient (Wildman–Crippen LogP) is 4.20. The number of carbonyl (C=O) groups excluding carboxylic acids is 1. The van der Waals surface area contributed by atoms with Crippen molar-refractivity contribution in [1.29, 1.82) is 0 Å². The maximum Gasteiger partial charge on any atom is 0.155 e. The van der Waals surface area contributed by atoms with Crippen molar-refractivity contribution in [2.45, 2.75) is 44.9 Å². The number of benzene rings is 1. The molecule has 0 N–H and O–H groups in total. The van der Waals surface area contributed by atoms with Crippen LogP contribution in [0.25, 0.3) is 5.57 Å². The number of anilines is 1. The van der Waals surface area contributed by atoms with Gasteiger partial charge in [-0.05, 0) is 55.0 Å². The molecule has 1 aliphatic carbocycles. The lowest BCUT2D eigenvalue weighted by molar-refractivity contribution is -0.114. The van der Waals surface area contributed by atoms with Crippen LogP contribution < -0.4 is 4.90 Å². The number of rotatable bonds is 2. The summed E-state index contributed by atoms with van der Waals surface area (Å²) in [5.41, 5.74) is 3.76. The van der Waals surface area contributed by atoms with Gasteiger partial charge >= 0.3 is 0 Å². The SMILES string of the molecule is O=C1C=C(c2ccc(N3CCCCCC3)cc2)CCC1. The highest BCUT2D eigenvalue weighted by atomic mass is 16.1. The fourth-order valence-corrected chi connectivity index (χ4v) is 3.23. The summed E-state index contributed by atoms with van der Waals surface area (Å²) in [4.78, 5) is 14.0. The molecule has 0 aromatic heterocycles. The Bertz CT molecular complexity index is 493. The molecule has 1 aliphatic heterocycles. The number of ketones is 1. The molecule has 3 rings (SSSR count). The molecule has 0 bridgehead atoms. The Morgan fingerprint density at radius 2 is 1.50 bits per heavy atom. The van der Waals surface area contributed by atoms with Gasteiger partial charge in [-0.15, -0.1) is 0 Å². The minimum absolute atomic E-state index is 0.280. The molecule has 0 saturated carbocycles. The van der Waals surface area contributed by atoms with Gasteiger partial charge in [-0.3, -0.25) is 4.79 Å². The number of carbonyl (C=O) groups is 1. The van der Waals surface area contributed by atoms with Crippen LogP contribution >= 0.6 is 0 Å². The average Bonchev–Trinajstić information content (AvgIpc) is 2.76. The fourth-order valence-electron chi connectivity index (χ4n) is 3.23. The topological polar surface area (TPSA) is 20.3 Å². The standard InChI is InChI=1S/C18H23NO/c20-18-7-5-6-16(14-18)15-8-10-17(11-9-15)19-12-3-1-2-4-13-19/h8-11,14H,1-7,12-13H2. The number of hydrogen-bond donors (Lipinski definition) is 0. The Hall–Kier alpha value is -1.57. The molecule has 106 valence electrons. The summed E-state index contributed by atoms with van der Waals surface area (Å²) in [5, 5.41) is 0. The second-order valence-corrected chi connectivity index (χ2v) is 5.94. The lowest BCUT2D eigenvalue weighted by Gasteiger charge is -2.23. The van der Waals surface area contributed by atoms with Crippen molar-refractivity contribution in [3.05, 3.63) is 35.9 Å². The van der Waals surface area contributed by atoms with Crippen LogP contribution in [-0.2, 0) is 4.79 Å². The van der Waals surface area contributed by atoms with Crippen LogP contribution in [0.2, 0.25) is 0 Å². The maximum absolute atomic E-state index is 11.5. The van der Waals surface area contributed by atoms with Crippen LogP contribution in [0.4, 0.5) is 5.69 Å². The average molecular weight is 269 g/mol. The van der Waals surface area contributed by atoms with Crippen molar-refractivity contribution < 1.29 is 4.79 Å². The summed E-state index contributed by atoms with van der Waals surface area (Å²) in [6.07, 6.45) is 9.93. The van der Waals surface area contributed by atoms with E-state index >= 15 is 0 Å². The Labute approximate surface area is 121 Å². The van der Waals surface area contributed by atoms with Gasteiger partial charge in [-0.1, -0.05) is 25.0 Å². The van der Waals surface area contributed by atoms with Crippen molar-refractivity contribution in [1.82, 2.24) is 0 Å². The monoisotopic (exact) mass is 269 g/mol. The quantitative estimate of drug-likeness (QED) is 0.802. The van der Waals surface area contributed by atoms with E-state index in [-0.39, 0.29) is 5.78 Å². The van der Waals surface area contributed by atoms with Gasteiger partial charge in [-0.25, -0.2) is 0 Å². The summed E-state index contributed by atoms with van der Waals surface area (Å²) in [5.74, 6) is 0.280. The van der Waals surface area contributed by atoms with Crippen LogP contribution in [-0.4, -0.2) is 18.9 Å². The molecular weight excluding hydrogens is 246 g/mol. The second-order valence-electron chi connectivity index (χ2n) is 5.94. The van der Waals surface area contributed by atoms with Crippen LogP contribution in [0.5, 0.6) is 0 Å². The summed E-state index contributed by atoms with van der Waals surface area (Å²) in [6.45, 7) is 2.36. The Morgan fingerprint density at radius 3 is 2.15 bits per heavy atom. The van der Waals surface area contributed by atoms with Gasteiger partial charge in [0, 0.05) is 25.2 Å². The van der Waals surface area contributed by atoms with Crippen molar-refractivity contribution in [3.63, 3.8) is 0 Å². The zero-order chi connectivity index (χ0) is 13.8. The number of allylic oxidation sites excluding steroid dienone is 2. The van der Waals surface area contributed by atoms with Gasteiger partial charge in [0.25, 0.3) is 0 Å². The highest BCUT2D eigenvalue weighted by Crippen LogP contribution is 2.27. The van der Waals surface area contributed by atoms with Gasteiger partial charge in [0.1, 0.15) is 0 Å². The van der Waals surface area contributed by atoms with Crippen LogP contribution in [0.1, 0.15) is 50.5 Å². The summed E-state index contributed by atoms with van der Waals surface area (Å²) in [7, 11) is 0. The third-order valence-corrected chi connectivity index (χ3v) is 4.41. The molecule has 2 aliphatic rings. The smallest absolute Gasteiger partial charge is 0.155 e. The van der Waals surface area contributed by atoms with Crippen LogP contribution in [0, 0.1) is 0 Å². The lowest BCUT2D eigenvalue weighted by atomic mass is 9.93. The third kappa shape index (κ3) is 3.12. The first-order chi connectivity index (χ1) is 9.83. The van der Waals surface area contributed by atoms with Gasteiger partial charge < -0.3 is 4.90 Å². The van der Waals surface area contributed by atoms with E-state index in [0.29, 0.717) is 0 Å². The van der Waals surface area contributed by atoms with Gasteiger partial charge in [0.05, 0.1) is 0 Å². The van der Waals surface area contributed by atoms with Crippen molar-refractivity contribution in [2.24, 2.45) is 0 Å². The molecule has 1 aromatic carbocycles. The minimum atomic E-state index is 0.280. The van der Waals surface area contributed by atoms with Gasteiger partial charge in [0.15, 0.2) is 5.78 Å². The summed E-state index contributed by atoms with van der Waals surface area (Å²) >= 11 is 0. The first-order valence-corrected chi connectivity index (χ1v) is 7.92. The molecule has 0 spiro atoms. The molecule has 0 radical (unpaired) electrons. The number of nitrogens with zero attached hydrogens (tertiary/aromatic N) is 1. The van der Waals surface area contributed by atoms with E-state index in [2.05, 4.69) is 29.2 Å². The fraction of sp³-hybridized carbons (Fsp3) is 0.500. The molecule has 1 fully saturated rings. The predicted molar refractivity (Wildman–Crippen MR) is 84.0 cm³/mol. The van der Waals surface area contributed by atoms with Crippen molar-refractivity contribution >= 4 is 17.0 Å². The molecular formula is C18H23NO. The van der Waals surface area contributed by atoms with E-state index in [1.807, 2.05) is 6.08 Å². The van der Waals surface area contributed by atoms with Crippen molar-refractivity contribution in [2.75, 3.05) is 18.0 Å². The molecule has 20 heavy (non-hydrogen) atoms. The van der Waals surface area contributed by atoms with E-state index in [1.54, 1.807) is 0 Å². The normalized spacial score (nSPS) is 20.5. The first-order valence-electron chi connectivity index (χ1n) is 7.92. The van der Waals surface area contributed by atoms with E-state index in [1.165, 1.54) is 55.6 Å². The Morgan fingerprint density at radius 1 is 0.800 bits per heavy atom. The molecule has 1 heterocycles. The van der Waals surface area contributed by atoms with Gasteiger partial charge in [-0.2, -0.15) is 0 Å². The van der Waals surface area contributed by atoms with E-state index in [0.717, 1.165) is 19.3 Å². The zero-order valence-corrected chi connectivity index (χ0v) is 12.1. The highest BCUT2D eigenvalue weighted by Gasteiger charge is 2.13. The van der Waals surface area contributed by atoms with Crippen LogP contribution in [0.15, 0.2) is 30.3 Å². The van der Waals surface area contributed by atoms with E-state index < -0.39 is 0 Å². The molecule has 2 heteroatoms. The highest BCUT2D eigenvalue weighted by molar-refractivity contribution is 5.98. The molecule has 0 amide bonds. The first kappa shape index (κ1) is 13.4. The number of hydrogen-bond acceptors (Lipinski definition) is 2. The maximum atomic E-state index is 11.5. The third-order valence-electron chi connectivity index (χ3n) is 4.41. The largest absolute Gasteiger partial charge is 0.372 e. The lowest BCUT2D eigenvalue weighted by Crippen LogP contribution is -2.23. The molecule has 1 aromatic rings. The Kier molecular flexibility index (Phi) is 4.19. The minimum Gasteiger partial charge on any atom is -0.372 e. The van der Waals surface area contributed by atoms with E-state index in [4.69, 9.17) is 0 Å². The van der Waals surface area contributed by atoms with E-state index in [9.17, 15) is 4.79 Å². The second kappa shape index (κ2) is 6.25. The molecule has 2 nitrogen and oxygen atoms in total. The molecule has 1 saturated heterocycles. The summed E-state index contributed by atoms with van der Waals surface area (Å²) in [6, 6.07) is 8.82. The Balaban J connectivity index is 1.75. The molecule has 0 atom stereocenters. The van der Waals surface area contributed by atoms with Crippen molar-refractivity contribution in [3.8, 4) is 0 Å². The van der Waals surface area contributed by atoms with Crippen LogP contribution in [0.3, 0.4) is 0 Å².